The molecule has 176 valence electrons. The second-order valence-electron chi connectivity index (χ2n) is 9.04. The van der Waals surface area contributed by atoms with Crippen LogP contribution >= 0.6 is 12.2 Å². The van der Waals surface area contributed by atoms with Crippen molar-refractivity contribution in [1.82, 2.24) is 10.7 Å². The molecule has 0 aromatic heterocycles. The fourth-order valence-electron chi connectivity index (χ4n) is 3.69. The lowest BCUT2D eigenvalue weighted by Crippen LogP contribution is -2.32. The van der Waals surface area contributed by atoms with Gasteiger partial charge in [0.2, 0.25) is 0 Å². The molecule has 0 aliphatic heterocycles. The van der Waals surface area contributed by atoms with Gasteiger partial charge in [-0.15, -0.1) is 0 Å². The van der Waals surface area contributed by atoms with Gasteiger partial charge in [-0.3, -0.25) is 5.43 Å². The minimum absolute atomic E-state index is 0.552. The Labute approximate surface area is 197 Å². The highest BCUT2D eigenvalue weighted by atomic mass is 32.1. The molecule has 2 N–H and O–H groups in total. The smallest absolute Gasteiger partial charge is 0.186 e. The molecule has 0 heterocycles. The van der Waals surface area contributed by atoms with E-state index >= 15 is 0 Å². The Bertz CT molecular complexity index is 581. The number of rotatable bonds is 18. The van der Waals surface area contributed by atoms with Gasteiger partial charge in [0.15, 0.2) is 5.11 Å². The predicted molar refractivity (Wildman–Crippen MR) is 142 cm³/mol. The summed E-state index contributed by atoms with van der Waals surface area (Å²) in [6.45, 7) is 7.61. The van der Waals surface area contributed by atoms with Crippen LogP contribution in [0.4, 0.5) is 0 Å². The van der Waals surface area contributed by atoms with Gasteiger partial charge in [0.1, 0.15) is 0 Å². The van der Waals surface area contributed by atoms with Gasteiger partial charge >= 0.3 is 0 Å². The molecule has 31 heavy (non-hydrogen) atoms. The summed E-state index contributed by atoms with van der Waals surface area (Å²) in [7, 11) is 0. The number of hydrazone groups is 1. The van der Waals surface area contributed by atoms with E-state index in [0.717, 1.165) is 12.1 Å². The molecular formula is C27H47N3S. The first-order valence-electron chi connectivity index (χ1n) is 12.8. The second-order valence-corrected chi connectivity index (χ2v) is 9.45. The van der Waals surface area contributed by atoms with Crippen molar-refractivity contribution >= 4 is 23.5 Å². The molecule has 1 aromatic carbocycles. The minimum Gasteiger partial charge on any atom is -0.361 e. The van der Waals surface area contributed by atoms with E-state index < -0.39 is 0 Å². The average molecular weight is 446 g/mol. The summed E-state index contributed by atoms with van der Waals surface area (Å²) in [4.78, 5) is 0. The molecular weight excluding hydrogens is 398 g/mol. The number of hydrogen-bond acceptors (Lipinski definition) is 2. The van der Waals surface area contributed by atoms with E-state index in [1.165, 1.54) is 95.5 Å². The van der Waals surface area contributed by atoms with Crippen LogP contribution in [-0.2, 0) is 0 Å². The summed E-state index contributed by atoms with van der Waals surface area (Å²) in [5, 5.41) is 8.07. The van der Waals surface area contributed by atoms with E-state index in [4.69, 9.17) is 12.2 Å². The highest BCUT2D eigenvalue weighted by Crippen LogP contribution is 2.14. The molecule has 1 aromatic rings. The zero-order valence-corrected chi connectivity index (χ0v) is 21.2. The molecule has 0 amide bonds. The third-order valence-corrected chi connectivity index (χ3v) is 6.03. The van der Waals surface area contributed by atoms with Gasteiger partial charge in [0.05, 0.1) is 6.21 Å². The Morgan fingerprint density at radius 3 is 1.77 bits per heavy atom. The lowest BCUT2D eigenvalue weighted by atomic mass is 10.0. The van der Waals surface area contributed by atoms with E-state index in [1.54, 1.807) is 0 Å². The maximum atomic E-state index is 5.29. The van der Waals surface area contributed by atoms with Crippen LogP contribution in [0.2, 0.25) is 0 Å². The molecule has 0 spiro atoms. The number of nitrogens with zero attached hydrogens (tertiary/aromatic N) is 1. The highest BCUT2D eigenvalue weighted by molar-refractivity contribution is 7.80. The van der Waals surface area contributed by atoms with Crippen LogP contribution in [-0.4, -0.2) is 17.9 Å². The van der Waals surface area contributed by atoms with Crippen molar-refractivity contribution < 1.29 is 0 Å². The number of benzene rings is 1. The van der Waals surface area contributed by atoms with Crippen LogP contribution in [0.25, 0.3) is 0 Å². The van der Waals surface area contributed by atoms with E-state index in [1.807, 2.05) is 6.21 Å². The van der Waals surface area contributed by atoms with Crippen molar-refractivity contribution in [2.24, 2.45) is 5.10 Å². The first-order chi connectivity index (χ1) is 15.1. The third-order valence-electron chi connectivity index (χ3n) is 5.80. The zero-order chi connectivity index (χ0) is 22.6. The third kappa shape index (κ3) is 15.9. The Hall–Kier alpha value is -1.42. The minimum atomic E-state index is 0.552. The van der Waals surface area contributed by atoms with Crippen molar-refractivity contribution in [3.63, 3.8) is 0 Å². The standard InChI is InChI=1S/C27H47N3S/c1-4-5-6-7-8-9-10-11-12-13-14-15-16-17-22-28-27(31)30-29-23-25-18-20-26(21-19-25)24(2)3/h18-21,23-24H,4-17,22H2,1-3H3,(H2,28,30,31). The number of nitrogens with one attached hydrogen (secondary N) is 2. The van der Waals surface area contributed by atoms with Gasteiger partial charge < -0.3 is 5.32 Å². The van der Waals surface area contributed by atoms with Crippen LogP contribution in [0, 0.1) is 0 Å². The Balaban J connectivity index is 1.89. The van der Waals surface area contributed by atoms with Crippen LogP contribution in [0.5, 0.6) is 0 Å². The van der Waals surface area contributed by atoms with Crippen LogP contribution in [0.3, 0.4) is 0 Å². The Kier molecular flexibility index (Phi) is 17.2. The van der Waals surface area contributed by atoms with Crippen molar-refractivity contribution in [1.29, 1.82) is 0 Å². The van der Waals surface area contributed by atoms with Gasteiger partial charge in [-0.05, 0) is 35.7 Å². The lowest BCUT2D eigenvalue weighted by molar-refractivity contribution is 0.535. The topological polar surface area (TPSA) is 36.4 Å². The maximum absolute atomic E-state index is 5.29. The van der Waals surface area contributed by atoms with Crippen molar-refractivity contribution in [2.45, 2.75) is 117 Å². The molecule has 0 aliphatic carbocycles. The monoisotopic (exact) mass is 445 g/mol. The molecule has 0 atom stereocenters. The summed E-state index contributed by atoms with van der Waals surface area (Å²) in [6, 6.07) is 8.48. The normalized spacial score (nSPS) is 11.4. The fraction of sp³-hybridized carbons (Fsp3) is 0.704. The fourth-order valence-corrected chi connectivity index (χ4v) is 3.85. The molecule has 1 rings (SSSR count). The molecule has 0 radical (unpaired) electrons. The van der Waals surface area contributed by atoms with Crippen LogP contribution < -0.4 is 10.7 Å². The van der Waals surface area contributed by atoms with Gasteiger partial charge in [-0.2, -0.15) is 5.10 Å². The van der Waals surface area contributed by atoms with Crippen molar-refractivity contribution in [3.8, 4) is 0 Å². The molecule has 0 bridgehead atoms. The summed E-state index contributed by atoms with van der Waals surface area (Å²) in [5.41, 5.74) is 5.33. The largest absolute Gasteiger partial charge is 0.361 e. The summed E-state index contributed by atoms with van der Waals surface area (Å²) >= 11 is 5.29. The Morgan fingerprint density at radius 1 is 0.806 bits per heavy atom. The van der Waals surface area contributed by atoms with Crippen LogP contribution in [0.1, 0.15) is 128 Å². The molecule has 0 unspecified atom stereocenters. The average Bonchev–Trinajstić information content (AvgIpc) is 2.76. The second kappa shape index (κ2) is 19.3. The van der Waals surface area contributed by atoms with Gasteiger partial charge in [0, 0.05) is 6.54 Å². The molecule has 0 aliphatic rings. The first-order valence-corrected chi connectivity index (χ1v) is 13.2. The number of hydrogen-bond donors (Lipinski definition) is 2. The van der Waals surface area contributed by atoms with Gasteiger partial charge in [-0.25, -0.2) is 0 Å². The van der Waals surface area contributed by atoms with E-state index in [2.05, 4.69) is 60.9 Å². The number of thiocarbonyl (C=S) groups is 1. The SMILES string of the molecule is CCCCCCCCCCCCCCCCNC(=S)NN=Cc1ccc(C(C)C)cc1. The quantitative estimate of drug-likeness (QED) is 0.104. The van der Waals surface area contributed by atoms with Crippen molar-refractivity contribution in [3.05, 3.63) is 35.4 Å². The summed E-state index contributed by atoms with van der Waals surface area (Å²) in [6.07, 6.45) is 21.2. The molecule has 0 fully saturated rings. The molecule has 3 nitrogen and oxygen atoms in total. The van der Waals surface area contributed by atoms with E-state index in [9.17, 15) is 0 Å². The van der Waals surface area contributed by atoms with E-state index in [0.29, 0.717) is 11.0 Å². The van der Waals surface area contributed by atoms with Crippen molar-refractivity contribution in [2.75, 3.05) is 6.54 Å². The first kappa shape index (κ1) is 27.6. The summed E-state index contributed by atoms with van der Waals surface area (Å²) in [5.74, 6) is 0.552. The van der Waals surface area contributed by atoms with Crippen LogP contribution in [0.15, 0.2) is 29.4 Å². The maximum Gasteiger partial charge on any atom is 0.186 e. The zero-order valence-electron chi connectivity index (χ0n) is 20.4. The van der Waals surface area contributed by atoms with E-state index in [-0.39, 0.29) is 0 Å². The van der Waals surface area contributed by atoms with Gasteiger partial charge in [0.25, 0.3) is 0 Å². The highest BCUT2D eigenvalue weighted by Gasteiger charge is 1.98. The Morgan fingerprint density at radius 2 is 1.29 bits per heavy atom. The summed E-state index contributed by atoms with van der Waals surface area (Å²) < 4.78 is 0. The molecule has 0 saturated heterocycles. The predicted octanol–water partition coefficient (Wildman–Crippen LogP) is 8.09. The lowest BCUT2D eigenvalue weighted by Gasteiger charge is -2.07. The molecule has 0 saturated carbocycles. The van der Waals surface area contributed by atoms with Gasteiger partial charge in [-0.1, -0.05) is 129 Å². The number of unbranched alkanes of at least 4 members (excludes halogenated alkanes) is 13. The molecule has 4 heteroatoms.